The zero-order valence-corrected chi connectivity index (χ0v) is 14.7. The number of aromatic carboxylic acids is 1. The van der Waals surface area contributed by atoms with E-state index >= 15 is 0 Å². The zero-order valence-electron chi connectivity index (χ0n) is 14.7. The minimum absolute atomic E-state index is 0.0422. The number of carboxylic acids is 1. The summed E-state index contributed by atoms with van der Waals surface area (Å²) in [5, 5.41) is 9.06. The summed E-state index contributed by atoms with van der Waals surface area (Å²) in [4.78, 5) is 33.9. The van der Waals surface area contributed by atoms with E-state index in [9.17, 15) is 14.4 Å². The van der Waals surface area contributed by atoms with Gasteiger partial charge in [-0.2, -0.15) is 0 Å². The van der Waals surface area contributed by atoms with Gasteiger partial charge in [-0.1, -0.05) is 44.2 Å². The first-order valence-corrected chi connectivity index (χ1v) is 8.62. The normalized spacial score (nSPS) is 10.3. The molecule has 0 heterocycles. The summed E-state index contributed by atoms with van der Waals surface area (Å²) in [6, 6.07) is 6.04. The summed E-state index contributed by atoms with van der Waals surface area (Å²) < 4.78 is 9.73. The van der Waals surface area contributed by atoms with Crippen molar-refractivity contribution in [2.24, 2.45) is 0 Å². The largest absolute Gasteiger partial charge is 0.478 e. The molecular weight excluding hydrogens is 324 g/mol. The molecule has 0 saturated heterocycles. The Morgan fingerprint density at radius 2 is 1.44 bits per heavy atom. The van der Waals surface area contributed by atoms with Crippen LogP contribution in [0.5, 0.6) is 0 Å². The standard InChI is InChI=1S/C19H26O6/c1-24-17(20)13-7-5-3-2-4-6-10-14-25-19(23)16-12-9-8-11-15(16)18(21)22/h8-9,11-12H,2-7,10,13-14H2,1H3,(H,21,22). The molecule has 0 radical (unpaired) electrons. The van der Waals surface area contributed by atoms with E-state index in [1.54, 1.807) is 12.1 Å². The maximum absolute atomic E-state index is 11.9. The Morgan fingerprint density at radius 3 is 2.04 bits per heavy atom. The molecular formula is C19H26O6. The second-order valence-corrected chi connectivity index (χ2v) is 5.79. The van der Waals surface area contributed by atoms with Gasteiger partial charge in [0.1, 0.15) is 0 Å². The lowest BCUT2D eigenvalue weighted by Gasteiger charge is -2.07. The van der Waals surface area contributed by atoms with E-state index in [2.05, 4.69) is 4.74 Å². The quantitative estimate of drug-likeness (QED) is 0.455. The maximum Gasteiger partial charge on any atom is 0.339 e. The van der Waals surface area contributed by atoms with Crippen molar-refractivity contribution in [3.8, 4) is 0 Å². The van der Waals surface area contributed by atoms with Crippen molar-refractivity contribution in [2.75, 3.05) is 13.7 Å². The van der Waals surface area contributed by atoms with Crippen LogP contribution in [0.25, 0.3) is 0 Å². The number of carbonyl (C=O) groups is 3. The number of esters is 2. The van der Waals surface area contributed by atoms with E-state index in [1.165, 1.54) is 19.2 Å². The average molecular weight is 350 g/mol. The number of carbonyl (C=O) groups excluding carboxylic acids is 2. The third-order valence-corrected chi connectivity index (χ3v) is 3.86. The Bertz CT molecular complexity index is 567. The minimum Gasteiger partial charge on any atom is -0.478 e. The molecule has 6 heteroatoms. The Kier molecular flexibility index (Phi) is 9.97. The van der Waals surface area contributed by atoms with Crippen molar-refractivity contribution in [3.63, 3.8) is 0 Å². The fourth-order valence-electron chi connectivity index (χ4n) is 2.45. The van der Waals surface area contributed by atoms with Crippen LogP contribution in [-0.4, -0.2) is 36.7 Å². The maximum atomic E-state index is 11.9. The molecule has 0 saturated carbocycles. The summed E-state index contributed by atoms with van der Waals surface area (Å²) in [5.41, 5.74) is 0.0417. The SMILES string of the molecule is COC(=O)CCCCCCCCCOC(=O)c1ccccc1C(=O)O. The monoisotopic (exact) mass is 350 g/mol. The first kappa shape index (κ1) is 20.7. The molecule has 1 aromatic carbocycles. The van der Waals surface area contributed by atoms with Crippen molar-refractivity contribution in [3.05, 3.63) is 35.4 Å². The second kappa shape index (κ2) is 12.1. The number of ether oxygens (including phenoxy) is 2. The van der Waals surface area contributed by atoms with Gasteiger partial charge in [-0.3, -0.25) is 4.79 Å². The summed E-state index contributed by atoms with van der Waals surface area (Å²) in [6.07, 6.45) is 7.24. The third kappa shape index (κ3) is 8.33. The molecule has 0 amide bonds. The molecule has 0 aliphatic rings. The Hall–Kier alpha value is -2.37. The Labute approximate surface area is 148 Å². The summed E-state index contributed by atoms with van der Waals surface area (Å²) in [6.45, 7) is 0.287. The second-order valence-electron chi connectivity index (χ2n) is 5.79. The third-order valence-electron chi connectivity index (χ3n) is 3.86. The highest BCUT2D eigenvalue weighted by Crippen LogP contribution is 2.12. The van der Waals surface area contributed by atoms with Crippen molar-refractivity contribution in [1.82, 2.24) is 0 Å². The smallest absolute Gasteiger partial charge is 0.339 e. The molecule has 0 aliphatic heterocycles. The van der Waals surface area contributed by atoms with Gasteiger partial charge in [0.05, 0.1) is 24.8 Å². The van der Waals surface area contributed by atoms with Gasteiger partial charge in [-0.15, -0.1) is 0 Å². The number of hydrogen-bond acceptors (Lipinski definition) is 5. The molecule has 0 spiro atoms. The van der Waals surface area contributed by atoms with Crippen LogP contribution in [-0.2, 0) is 14.3 Å². The van der Waals surface area contributed by atoms with Gasteiger partial charge in [0.25, 0.3) is 0 Å². The lowest BCUT2D eigenvalue weighted by Crippen LogP contribution is -2.12. The molecule has 6 nitrogen and oxygen atoms in total. The first-order chi connectivity index (χ1) is 12.1. The molecule has 0 atom stereocenters. The fourth-order valence-corrected chi connectivity index (χ4v) is 2.45. The highest BCUT2D eigenvalue weighted by atomic mass is 16.5. The molecule has 0 fully saturated rings. The van der Waals surface area contributed by atoms with Gasteiger partial charge < -0.3 is 14.6 Å². The highest BCUT2D eigenvalue weighted by Gasteiger charge is 2.16. The van der Waals surface area contributed by atoms with Gasteiger partial charge in [-0.25, -0.2) is 9.59 Å². The van der Waals surface area contributed by atoms with E-state index in [0.717, 1.165) is 44.9 Å². The molecule has 25 heavy (non-hydrogen) atoms. The van der Waals surface area contributed by atoms with Crippen molar-refractivity contribution < 1.29 is 29.0 Å². The highest BCUT2D eigenvalue weighted by molar-refractivity contribution is 6.02. The molecule has 0 aliphatic carbocycles. The van der Waals surface area contributed by atoms with Crippen LogP contribution in [0.15, 0.2) is 24.3 Å². The lowest BCUT2D eigenvalue weighted by molar-refractivity contribution is -0.140. The molecule has 0 aromatic heterocycles. The number of hydrogen-bond donors (Lipinski definition) is 1. The van der Waals surface area contributed by atoms with Crippen molar-refractivity contribution in [1.29, 1.82) is 0 Å². The van der Waals surface area contributed by atoms with Crippen molar-refractivity contribution >= 4 is 17.9 Å². The van der Waals surface area contributed by atoms with Gasteiger partial charge in [-0.05, 0) is 25.0 Å². The molecule has 1 aromatic rings. The number of methoxy groups -OCH3 is 1. The van der Waals surface area contributed by atoms with Crippen LogP contribution in [0.3, 0.4) is 0 Å². The van der Waals surface area contributed by atoms with Crippen LogP contribution in [0.1, 0.15) is 72.1 Å². The molecule has 0 bridgehead atoms. The van der Waals surface area contributed by atoms with Crippen molar-refractivity contribution in [2.45, 2.75) is 51.4 Å². The van der Waals surface area contributed by atoms with E-state index in [1.807, 2.05) is 0 Å². The van der Waals surface area contributed by atoms with E-state index in [0.29, 0.717) is 6.42 Å². The fraction of sp³-hybridized carbons (Fsp3) is 0.526. The van der Waals surface area contributed by atoms with Crippen LogP contribution < -0.4 is 0 Å². The Balaban J connectivity index is 2.09. The van der Waals surface area contributed by atoms with E-state index in [4.69, 9.17) is 9.84 Å². The molecule has 0 unspecified atom stereocenters. The Morgan fingerprint density at radius 1 is 0.880 bits per heavy atom. The zero-order chi connectivity index (χ0) is 18.5. The van der Waals surface area contributed by atoms with Gasteiger partial charge in [0.15, 0.2) is 0 Å². The predicted octanol–water partition coefficient (Wildman–Crippen LogP) is 3.84. The van der Waals surface area contributed by atoms with Crippen LogP contribution in [0.2, 0.25) is 0 Å². The van der Waals surface area contributed by atoms with Crippen LogP contribution >= 0.6 is 0 Å². The topological polar surface area (TPSA) is 89.9 Å². The van der Waals surface area contributed by atoms with Crippen LogP contribution in [0, 0.1) is 0 Å². The average Bonchev–Trinajstić information content (AvgIpc) is 2.62. The van der Waals surface area contributed by atoms with E-state index in [-0.39, 0.29) is 23.7 Å². The summed E-state index contributed by atoms with van der Waals surface area (Å²) >= 11 is 0. The molecule has 1 rings (SSSR count). The minimum atomic E-state index is -1.14. The lowest BCUT2D eigenvalue weighted by atomic mass is 10.1. The van der Waals surface area contributed by atoms with E-state index < -0.39 is 11.9 Å². The van der Waals surface area contributed by atoms with Crippen LogP contribution in [0.4, 0.5) is 0 Å². The number of benzene rings is 1. The number of carboxylic acid groups (broad SMARTS) is 1. The van der Waals surface area contributed by atoms with Gasteiger partial charge in [0, 0.05) is 6.42 Å². The first-order valence-electron chi connectivity index (χ1n) is 8.62. The number of unbranched alkanes of at least 4 members (excludes halogenated alkanes) is 6. The summed E-state index contributed by atoms with van der Waals surface area (Å²) in [7, 11) is 1.40. The molecule has 138 valence electrons. The van der Waals surface area contributed by atoms with Gasteiger partial charge >= 0.3 is 17.9 Å². The number of rotatable bonds is 12. The molecule has 1 N–H and O–H groups in total. The van der Waals surface area contributed by atoms with Gasteiger partial charge in [0.2, 0.25) is 0 Å². The predicted molar refractivity (Wildman–Crippen MR) is 92.6 cm³/mol. The summed E-state index contributed by atoms with van der Waals surface area (Å²) in [5.74, 6) is -1.90.